The molecule has 1 heteroatoms. The van der Waals surface area contributed by atoms with E-state index in [1.807, 2.05) is 0 Å². The fraction of sp³-hybridized carbons (Fsp3) is 1.00. The van der Waals surface area contributed by atoms with Crippen molar-refractivity contribution in [1.29, 1.82) is 0 Å². The molecule has 2 aliphatic carbocycles. The van der Waals surface area contributed by atoms with Crippen molar-refractivity contribution in [1.82, 2.24) is 5.32 Å². The van der Waals surface area contributed by atoms with Crippen LogP contribution in [0.25, 0.3) is 0 Å². The van der Waals surface area contributed by atoms with Crippen molar-refractivity contribution < 1.29 is 0 Å². The van der Waals surface area contributed by atoms with Gasteiger partial charge in [0.25, 0.3) is 0 Å². The molecule has 4 unspecified atom stereocenters. The molecule has 2 bridgehead atoms. The number of hydrogen-bond donors (Lipinski definition) is 1. The lowest BCUT2D eigenvalue weighted by Gasteiger charge is -2.24. The van der Waals surface area contributed by atoms with Gasteiger partial charge in [-0.1, -0.05) is 19.8 Å². The second kappa shape index (κ2) is 5.34. The molecule has 88 valence electrons. The largest absolute Gasteiger partial charge is 0.317 e. The van der Waals surface area contributed by atoms with Crippen LogP contribution in [0.1, 0.15) is 58.3 Å². The maximum absolute atomic E-state index is 3.47. The van der Waals surface area contributed by atoms with Crippen LogP contribution in [-0.2, 0) is 0 Å². The third-order valence-electron chi connectivity index (χ3n) is 4.82. The summed E-state index contributed by atoms with van der Waals surface area (Å²) in [7, 11) is 2.13. The minimum atomic E-state index is 0.786. The highest BCUT2D eigenvalue weighted by Gasteiger charge is 2.38. The zero-order valence-electron chi connectivity index (χ0n) is 10.5. The molecule has 0 aliphatic heterocycles. The van der Waals surface area contributed by atoms with Crippen molar-refractivity contribution in [3.63, 3.8) is 0 Å². The molecule has 0 saturated heterocycles. The highest BCUT2D eigenvalue weighted by atomic mass is 14.9. The molecule has 2 saturated carbocycles. The number of rotatable bonds is 6. The van der Waals surface area contributed by atoms with Crippen LogP contribution < -0.4 is 5.32 Å². The lowest BCUT2D eigenvalue weighted by molar-refractivity contribution is 0.291. The summed E-state index contributed by atoms with van der Waals surface area (Å²) in [4.78, 5) is 0. The van der Waals surface area contributed by atoms with E-state index in [1.165, 1.54) is 25.7 Å². The second-order valence-corrected chi connectivity index (χ2v) is 5.79. The molecule has 0 spiro atoms. The van der Waals surface area contributed by atoms with Crippen LogP contribution in [-0.4, -0.2) is 13.1 Å². The van der Waals surface area contributed by atoms with Crippen LogP contribution >= 0.6 is 0 Å². The quantitative estimate of drug-likeness (QED) is 0.705. The first kappa shape index (κ1) is 11.4. The summed E-state index contributed by atoms with van der Waals surface area (Å²) in [6.07, 6.45) is 11.8. The molecule has 4 atom stereocenters. The van der Waals surface area contributed by atoms with Crippen molar-refractivity contribution in [3.05, 3.63) is 0 Å². The van der Waals surface area contributed by atoms with E-state index >= 15 is 0 Å². The van der Waals surface area contributed by atoms with E-state index in [1.54, 1.807) is 25.7 Å². The molecule has 0 aromatic carbocycles. The fourth-order valence-electron chi connectivity index (χ4n) is 3.93. The molecular weight excluding hydrogens is 182 g/mol. The van der Waals surface area contributed by atoms with Crippen molar-refractivity contribution in [2.45, 2.75) is 64.3 Å². The Morgan fingerprint density at radius 2 is 2.07 bits per heavy atom. The monoisotopic (exact) mass is 209 g/mol. The van der Waals surface area contributed by atoms with E-state index < -0.39 is 0 Å². The average molecular weight is 209 g/mol. The van der Waals surface area contributed by atoms with Crippen molar-refractivity contribution in [2.24, 2.45) is 17.8 Å². The first-order valence-electron chi connectivity index (χ1n) is 7.00. The maximum atomic E-state index is 3.47. The molecule has 1 N–H and O–H groups in total. The Labute approximate surface area is 95.0 Å². The smallest absolute Gasteiger partial charge is 0.00640 e. The van der Waals surface area contributed by atoms with Crippen molar-refractivity contribution >= 4 is 0 Å². The van der Waals surface area contributed by atoms with E-state index in [4.69, 9.17) is 0 Å². The number of fused-ring (bicyclic) bond motifs is 2. The Kier molecular flexibility index (Phi) is 4.07. The molecule has 0 aromatic heterocycles. The van der Waals surface area contributed by atoms with Gasteiger partial charge < -0.3 is 5.32 Å². The van der Waals surface area contributed by atoms with E-state index in [2.05, 4.69) is 19.3 Å². The lowest BCUT2D eigenvalue weighted by Crippen LogP contribution is -2.26. The summed E-state index contributed by atoms with van der Waals surface area (Å²) < 4.78 is 0. The van der Waals surface area contributed by atoms with Crippen LogP contribution in [0.4, 0.5) is 0 Å². The number of nitrogens with one attached hydrogen (secondary N) is 1. The Balaban J connectivity index is 1.69. The summed E-state index contributed by atoms with van der Waals surface area (Å²) in [5, 5.41) is 3.47. The Hall–Kier alpha value is -0.0400. The molecule has 0 aromatic rings. The Bertz CT molecular complexity index is 190. The van der Waals surface area contributed by atoms with Crippen molar-refractivity contribution in [3.8, 4) is 0 Å². The lowest BCUT2D eigenvalue weighted by atomic mass is 9.84. The van der Waals surface area contributed by atoms with Gasteiger partial charge in [-0.25, -0.2) is 0 Å². The van der Waals surface area contributed by atoms with Crippen LogP contribution in [0.3, 0.4) is 0 Å². The van der Waals surface area contributed by atoms with Crippen LogP contribution in [0.15, 0.2) is 0 Å². The molecule has 0 heterocycles. The first-order valence-corrected chi connectivity index (χ1v) is 7.00. The van der Waals surface area contributed by atoms with Gasteiger partial charge in [-0.05, 0) is 63.3 Å². The summed E-state index contributed by atoms with van der Waals surface area (Å²) in [6.45, 7) is 2.29. The predicted molar refractivity (Wildman–Crippen MR) is 65.9 cm³/mol. The molecular formula is C14H27N. The van der Waals surface area contributed by atoms with Crippen molar-refractivity contribution in [2.75, 3.05) is 7.05 Å². The third kappa shape index (κ3) is 2.75. The first-order chi connectivity index (χ1) is 7.33. The minimum absolute atomic E-state index is 0.786. The van der Waals surface area contributed by atoms with Crippen LogP contribution in [0.5, 0.6) is 0 Å². The van der Waals surface area contributed by atoms with E-state index in [-0.39, 0.29) is 0 Å². The third-order valence-corrected chi connectivity index (χ3v) is 4.82. The van der Waals surface area contributed by atoms with E-state index in [0.717, 1.165) is 23.8 Å². The SMILES string of the molecule is CCCC(CCC1CC2CCC1C2)NC. The predicted octanol–water partition coefficient (Wildman–Crippen LogP) is 3.59. The Morgan fingerprint density at radius 1 is 1.20 bits per heavy atom. The highest BCUT2D eigenvalue weighted by Crippen LogP contribution is 2.49. The van der Waals surface area contributed by atoms with Gasteiger partial charge in [0.05, 0.1) is 0 Å². The van der Waals surface area contributed by atoms with Gasteiger partial charge in [-0.15, -0.1) is 0 Å². The summed E-state index contributed by atoms with van der Waals surface area (Å²) in [6, 6.07) is 0.786. The molecule has 2 rings (SSSR count). The van der Waals surface area contributed by atoms with Gasteiger partial charge in [-0.2, -0.15) is 0 Å². The molecule has 15 heavy (non-hydrogen) atoms. The second-order valence-electron chi connectivity index (χ2n) is 5.79. The average Bonchev–Trinajstić information content (AvgIpc) is 2.85. The van der Waals surface area contributed by atoms with Gasteiger partial charge >= 0.3 is 0 Å². The molecule has 0 amide bonds. The van der Waals surface area contributed by atoms with Gasteiger partial charge in [0.2, 0.25) is 0 Å². The van der Waals surface area contributed by atoms with Crippen LogP contribution in [0, 0.1) is 17.8 Å². The molecule has 1 nitrogen and oxygen atoms in total. The van der Waals surface area contributed by atoms with E-state index in [0.29, 0.717) is 0 Å². The van der Waals surface area contributed by atoms with Gasteiger partial charge in [0.15, 0.2) is 0 Å². The normalized spacial score (nSPS) is 36.0. The molecule has 2 aliphatic rings. The maximum Gasteiger partial charge on any atom is 0.00640 e. The van der Waals surface area contributed by atoms with Gasteiger partial charge in [0.1, 0.15) is 0 Å². The summed E-state index contributed by atoms with van der Waals surface area (Å²) in [5.74, 6) is 3.34. The minimum Gasteiger partial charge on any atom is -0.317 e. The topological polar surface area (TPSA) is 12.0 Å². The van der Waals surface area contributed by atoms with E-state index in [9.17, 15) is 0 Å². The summed E-state index contributed by atoms with van der Waals surface area (Å²) in [5.41, 5.74) is 0. The zero-order chi connectivity index (χ0) is 10.7. The van der Waals surface area contributed by atoms with Crippen LogP contribution in [0.2, 0.25) is 0 Å². The summed E-state index contributed by atoms with van der Waals surface area (Å²) >= 11 is 0. The van der Waals surface area contributed by atoms with Gasteiger partial charge in [0, 0.05) is 6.04 Å². The molecule has 2 fully saturated rings. The Morgan fingerprint density at radius 3 is 2.60 bits per heavy atom. The standard InChI is InChI=1S/C14H27N/c1-3-4-14(15-2)8-7-13-10-11-5-6-12(13)9-11/h11-15H,3-10H2,1-2H3. The highest BCUT2D eigenvalue weighted by molar-refractivity contribution is 4.90. The molecule has 0 radical (unpaired) electrons. The van der Waals surface area contributed by atoms with Gasteiger partial charge in [-0.3, -0.25) is 0 Å². The number of hydrogen-bond acceptors (Lipinski definition) is 1. The fourth-order valence-corrected chi connectivity index (χ4v) is 3.93. The zero-order valence-corrected chi connectivity index (χ0v) is 10.5.